The molecule has 0 spiro atoms. The van der Waals surface area contributed by atoms with Gasteiger partial charge in [-0.15, -0.1) is 0 Å². The zero-order valence-corrected chi connectivity index (χ0v) is 32.7. The molecule has 0 aromatic heterocycles. The Kier molecular flexibility index (Phi) is 13.9. The van der Waals surface area contributed by atoms with Crippen LogP contribution in [-0.2, 0) is 33.6 Å². The number of carbonyl (C=O) groups is 4. The van der Waals surface area contributed by atoms with E-state index in [1.807, 2.05) is 6.07 Å². The molecule has 20 nitrogen and oxygen atoms in total. The average molecular weight is 830 g/mol. The van der Waals surface area contributed by atoms with Gasteiger partial charge in [-0.1, -0.05) is 46.7 Å². The fraction of sp³-hybridized carbons (Fsp3) is 0.171. The van der Waals surface area contributed by atoms with Crippen molar-refractivity contribution >= 4 is 69.8 Å². The van der Waals surface area contributed by atoms with Crippen molar-refractivity contribution in [2.24, 2.45) is 33.2 Å². The van der Waals surface area contributed by atoms with Gasteiger partial charge >= 0.3 is 5.97 Å². The molecule has 6 rings (SSSR count). The number of amides is 3. The molecule has 0 saturated carbocycles. The lowest BCUT2D eigenvalue weighted by Gasteiger charge is -2.25. The molecule has 314 valence electrons. The molecule has 2 unspecified atom stereocenters. The largest absolute Gasteiger partial charge is 0.468 e. The number of benzene rings is 4. The molecule has 61 heavy (non-hydrogen) atoms. The number of anilines is 2. The van der Waals surface area contributed by atoms with Crippen LogP contribution in [0.25, 0.3) is 0 Å². The summed E-state index contributed by atoms with van der Waals surface area (Å²) in [5, 5.41) is 45.9. The number of methoxy groups -OCH3 is 1. The first-order valence-electron chi connectivity index (χ1n) is 18.3. The van der Waals surface area contributed by atoms with Gasteiger partial charge in [0.05, 0.1) is 25.0 Å². The maximum absolute atomic E-state index is 13.3. The van der Waals surface area contributed by atoms with E-state index in [1.54, 1.807) is 91.0 Å². The van der Waals surface area contributed by atoms with E-state index in [2.05, 4.69) is 31.0 Å². The van der Waals surface area contributed by atoms with Crippen molar-refractivity contribution < 1.29 is 33.6 Å². The maximum Gasteiger partial charge on any atom is 0.325 e. The molecular formula is C41H43N13O7. The van der Waals surface area contributed by atoms with Crippen LogP contribution in [0, 0.1) is 21.6 Å². The zero-order valence-electron chi connectivity index (χ0n) is 32.7. The molecule has 2 atom stereocenters. The van der Waals surface area contributed by atoms with Gasteiger partial charge in [0.1, 0.15) is 29.9 Å². The highest BCUT2D eigenvalue weighted by Crippen LogP contribution is 2.32. The lowest BCUT2D eigenvalue weighted by atomic mass is 9.89. The number of oxime groups is 2. The molecule has 0 saturated heterocycles. The first-order chi connectivity index (χ1) is 29.1. The Morgan fingerprint density at radius 2 is 1.21 bits per heavy atom. The van der Waals surface area contributed by atoms with E-state index in [0.29, 0.717) is 57.0 Å². The van der Waals surface area contributed by atoms with Gasteiger partial charge in [-0.05, 0) is 60.7 Å². The first-order valence-corrected chi connectivity index (χ1v) is 18.3. The molecule has 0 bridgehead atoms. The van der Waals surface area contributed by atoms with Crippen molar-refractivity contribution in [3.8, 4) is 0 Å². The summed E-state index contributed by atoms with van der Waals surface area (Å²) in [6, 6.07) is 26.7. The van der Waals surface area contributed by atoms with Crippen molar-refractivity contribution in [2.45, 2.75) is 31.0 Å². The van der Waals surface area contributed by atoms with E-state index in [-0.39, 0.29) is 42.2 Å². The summed E-state index contributed by atoms with van der Waals surface area (Å²) < 4.78 is 4.52. The number of ether oxygens (including phenoxy) is 1. The van der Waals surface area contributed by atoms with Crippen LogP contribution in [0.5, 0.6) is 0 Å². The van der Waals surface area contributed by atoms with E-state index < -0.39 is 35.9 Å². The van der Waals surface area contributed by atoms with E-state index >= 15 is 0 Å². The number of nitrogens with zero attached hydrogens (tertiary/aromatic N) is 2. The monoisotopic (exact) mass is 829 g/mol. The number of nitrogen functional groups attached to an aromatic ring is 4. The highest BCUT2D eigenvalue weighted by atomic mass is 16.7. The highest BCUT2D eigenvalue weighted by Gasteiger charge is 2.48. The van der Waals surface area contributed by atoms with E-state index in [4.69, 9.17) is 54.2 Å². The van der Waals surface area contributed by atoms with Crippen LogP contribution in [0.2, 0.25) is 0 Å². The summed E-state index contributed by atoms with van der Waals surface area (Å²) in [6.45, 7) is -0.367. The van der Waals surface area contributed by atoms with E-state index in [0.717, 1.165) is 5.56 Å². The van der Waals surface area contributed by atoms with Crippen molar-refractivity contribution in [3.63, 3.8) is 0 Å². The van der Waals surface area contributed by atoms with Gasteiger partial charge in [0.15, 0.2) is 0 Å². The summed E-state index contributed by atoms with van der Waals surface area (Å²) >= 11 is 0. The third-order valence-corrected chi connectivity index (χ3v) is 9.19. The SMILES string of the molecule is COC(=O)CNC(=O)CC1(C(=O)Nc2ccc(C(=N)N)cc2)CC(c2cccc(C(=N)N)c2)=NO1.N=C(N)c1ccc(NC(=O)C2CC(c3cccc(C(=N)N)c3)=NO2)cc1. The number of carbonyl (C=O) groups excluding carboxylic acids is 4. The highest BCUT2D eigenvalue weighted by molar-refractivity contribution is 6.11. The molecule has 0 radical (unpaired) electrons. The smallest absolute Gasteiger partial charge is 0.325 e. The quantitative estimate of drug-likeness (QED) is 0.0495. The van der Waals surface area contributed by atoms with Gasteiger partial charge in [0.25, 0.3) is 11.8 Å². The van der Waals surface area contributed by atoms with Crippen molar-refractivity contribution in [1.29, 1.82) is 21.6 Å². The van der Waals surface area contributed by atoms with Crippen molar-refractivity contribution in [1.82, 2.24) is 5.32 Å². The first kappa shape index (κ1) is 43.7. The second kappa shape index (κ2) is 19.4. The molecule has 4 aromatic rings. The average Bonchev–Trinajstić information content (AvgIpc) is 3.93. The Labute approximate surface area is 348 Å². The van der Waals surface area contributed by atoms with Crippen LogP contribution in [0.3, 0.4) is 0 Å². The molecule has 15 N–H and O–H groups in total. The Bertz CT molecular complexity index is 2450. The standard InChI is InChI=1S/C23H25N7O5.C18H18N6O2/c1-34-19(32)12-28-18(31)11-23(22(33)29-16-7-5-13(6-8-16)20(24)25)10-17(30-35-23)14-3-2-4-15(9-14)21(26)27;19-16(20)10-4-6-13(7-5-10)23-18(25)15-9-14(24-26-15)11-2-1-3-12(8-11)17(21)22/h2-9H,10-12H2,1H3,(H3,24,25)(H3,26,27)(H,28,31)(H,29,33);1-8,15H,9H2,(H3,19,20)(H3,21,22)(H,23,25). The Morgan fingerprint density at radius 3 is 1.72 bits per heavy atom. The third-order valence-electron chi connectivity index (χ3n) is 9.19. The molecule has 2 aliphatic heterocycles. The van der Waals surface area contributed by atoms with Gasteiger partial charge in [-0.25, -0.2) is 0 Å². The van der Waals surface area contributed by atoms with Crippen LogP contribution in [0.15, 0.2) is 107 Å². The lowest BCUT2D eigenvalue weighted by Crippen LogP contribution is -2.47. The van der Waals surface area contributed by atoms with Crippen LogP contribution < -0.4 is 38.9 Å². The second-order valence-electron chi connectivity index (χ2n) is 13.6. The molecule has 2 aliphatic rings. The normalized spacial score (nSPS) is 16.1. The number of nitrogens with two attached hydrogens (primary N) is 4. The van der Waals surface area contributed by atoms with Crippen LogP contribution in [0.4, 0.5) is 11.4 Å². The van der Waals surface area contributed by atoms with E-state index in [9.17, 15) is 19.2 Å². The van der Waals surface area contributed by atoms with Crippen LogP contribution in [-0.4, -0.2) is 83.8 Å². The van der Waals surface area contributed by atoms with Crippen LogP contribution in [0.1, 0.15) is 52.6 Å². The van der Waals surface area contributed by atoms with Gasteiger partial charge < -0.3 is 53.3 Å². The molecular weight excluding hydrogens is 787 g/mol. The van der Waals surface area contributed by atoms with Gasteiger partial charge in [0.2, 0.25) is 17.6 Å². The number of nitrogens with one attached hydrogen (secondary N) is 7. The Balaban J connectivity index is 0.000000241. The minimum absolute atomic E-state index is 0.0327. The fourth-order valence-corrected chi connectivity index (χ4v) is 5.85. The van der Waals surface area contributed by atoms with E-state index in [1.165, 1.54) is 7.11 Å². The third kappa shape index (κ3) is 11.4. The van der Waals surface area contributed by atoms with Crippen LogP contribution >= 0.6 is 0 Å². The van der Waals surface area contributed by atoms with Gasteiger partial charge in [0, 0.05) is 57.6 Å². The Hall–Kier alpha value is -8.42. The number of rotatable bonds is 14. The second-order valence-corrected chi connectivity index (χ2v) is 13.6. The van der Waals surface area contributed by atoms with Gasteiger partial charge in [-0.3, -0.25) is 40.8 Å². The zero-order chi connectivity index (χ0) is 44.3. The number of amidine groups is 4. The van der Waals surface area contributed by atoms with Crippen molar-refractivity contribution in [2.75, 3.05) is 24.3 Å². The molecule has 2 heterocycles. The number of esters is 1. The van der Waals surface area contributed by atoms with Crippen molar-refractivity contribution in [3.05, 3.63) is 130 Å². The molecule has 0 fully saturated rings. The van der Waals surface area contributed by atoms with Gasteiger partial charge in [-0.2, -0.15) is 0 Å². The fourth-order valence-electron chi connectivity index (χ4n) is 5.85. The molecule has 0 aliphatic carbocycles. The summed E-state index contributed by atoms with van der Waals surface area (Å²) in [7, 11) is 1.19. The summed E-state index contributed by atoms with van der Waals surface area (Å²) in [5.41, 5.74) is 25.7. The maximum atomic E-state index is 13.3. The minimum Gasteiger partial charge on any atom is -0.468 e. The topological polar surface area (TPSA) is 356 Å². The number of hydrogen-bond donors (Lipinski definition) is 11. The summed E-state index contributed by atoms with van der Waals surface area (Å²) in [4.78, 5) is 60.5. The lowest BCUT2D eigenvalue weighted by molar-refractivity contribution is -0.146. The molecule has 3 amide bonds. The molecule has 20 heteroatoms. The number of hydrogen-bond acceptors (Lipinski definition) is 13. The Morgan fingerprint density at radius 1 is 0.705 bits per heavy atom. The predicted molar refractivity (Wildman–Crippen MR) is 228 cm³/mol. The molecule has 4 aromatic carbocycles. The summed E-state index contributed by atoms with van der Waals surface area (Å²) in [6.07, 6.45) is -0.907. The summed E-state index contributed by atoms with van der Waals surface area (Å²) in [5.74, 6) is -2.54. The predicted octanol–water partition coefficient (Wildman–Crippen LogP) is 1.82. The minimum atomic E-state index is -1.71.